The summed E-state index contributed by atoms with van der Waals surface area (Å²) in [6.07, 6.45) is 1.63. The molecule has 178 valence electrons. The van der Waals surface area contributed by atoms with Crippen LogP contribution in [-0.4, -0.2) is 35.4 Å². The lowest BCUT2D eigenvalue weighted by Crippen LogP contribution is -2.26. The number of aromatic nitrogens is 1. The monoisotopic (exact) mass is 477 g/mol. The topological polar surface area (TPSA) is 74.6 Å². The number of fused-ring (bicyclic) bond motifs is 2. The van der Waals surface area contributed by atoms with Crippen LogP contribution >= 0.6 is 0 Å². The summed E-state index contributed by atoms with van der Waals surface area (Å²) >= 11 is 0. The van der Waals surface area contributed by atoms with E-state index in [1.165, 1.54) is 22.9 Å². The molecule has 36 heavy (non-hydrogen) atoms. The molecule has 0 fully saturated rings. The first-order chi connectivity index (χ1) is 17.4. The largest absolute Gasteiger partial charge is 0.480 e. The minimum atomic E-state index is -1.02. The second-order valence-corrected chi connectivity index (χ2v) is 8.64. The molecule has 1 aromatic heterocycles. The van der Waals surface area contributed by atoms with Crippen molar-refractivity contribution in [2.24, 2.45) is 4.99 Å². The minimum absolute atomic E-state index is 0.429. The first kappa shape index (κ1) is 23.2. The Morgan fingerprint density at radius 1 is 0.944 bits per heavy atom. The Morgan fingerprint density at radius 2 is 1.64 bits per heavy atom. The molecule has 1 atom stereocenters. The molecular weight excluding hydrogens is 453 g/mol. The molecule has 5 rings (SSSR count). The Morgan fingerprint density at radius 3 is 2.36 bits per heavy atom. The number of nitrogens with zero attached hydrogens (tertiary/aromatic N) is 2. The van der Waals surface area contributed by atoms with Gasteiger partial charge in [-0.15, -0.1) is 0 Å². The third kappa shape index (κ3) is 4.41. The molecule has 0 amide bonds. The zero-order valence-corrected chi connectivity index (χ0v) is 19.9. The molecule has 0 aliphatic rings. The molecule has 5 aromatic rings. The van der Waals surface area contributed by atoms with Crippen LogP contribution in [0.1, 0.15) is 12.5 Å². The standard InChI is InChI=1S/C30H24FN3O2/c1-18(30(35)36)33-29-25-16-24(31)13-14-27(25)34-28(26(29)17-32-2)21-10-7-20(8-11-21)23-12-9-19-5-3-4-6-22(19)15-23/h3-18H,1-2H3,(H,33,34)(H,35,36). The number of aliphatic carboxylic acids is 1. The lowest BCUT2D eigenvalue weighted by atomic mass is 9.97. The predicted octanol–water partition coefficient (Wildman–Crippen LogP) is 6.79. The lowest BCUT2D eigenvalue weighted by Gasteiger charge is -2.19. The molecule has 1 unspecified atom stereocenters. The Balaban J connectivity index is 1.64. The van der Waals surface area contributed by atoms with Crippen molar-refractivity contribution in [3.63, 3.8) is 0 Å². The second kappa shape index (κ2) is 9.58. The van der Waals surface area contributed by atoms with Crippen LogP contribution in [0.4, 0.5) is 10.1 Å². The third-order valence-corrected chi connectivity index (χ3v) is 6.22. The van der Waals surface area contributed by atoms with Crippen LogP contribution in [0.15, 0.2) is 89.9 Å². The van der Waals surface area contributed by atoms with E-state index in [2.05, 4.69) is 40.6 Å². The van der Waals surface area contributed by atoms with Crippen LogP contribution in [0.5, 0.6) is 0 Å². The summed E-state index contributed by atoms with van der Waals surface area (Å²) in [5.41, 5.74) is 5.27. The predicted molar refractivity (Wildman–Crippen MR) is 144 cm³/mol. The number of halogens is 1. The number of hydrogen-bond donors (Lipinski definition) is 2. The molecule has 0 bridgehead atoms. The molecule has 1 heterocycles. The number of nitrogens with one attached hydrogen (secondary N) is 1. The molecule has 0 radical (unpaired) electrons. The van der Waals surface area contributed by atoms with Crippen molar-refractivity contribution in [2.45, 2.75) is 13.0 Å². The van der Waals surface area contributed by atoms with Crippen molar-refractivity contribution >= 4 is 39.5 Å². The fraction of sp³-hybridized carbons (Fsp3) is 0.100. The van der Waals surface area contributed by atoms with Gasteiger partial charge in [-0.25, -0.2) is 9.37 Å². The van der Waals surface area contributed by atoms with Gasteiger partial charge in [0.15, 0.2) is 0 Å². The highest BCUT2D eigenvalue weighted by molar-refractivity contribution is 6.07. The van der Waals surface area contributed by atoms with E-state index in [9.17, 15) is 14.3 Å². The number of rotatable bonds is 6. The van der Waals surface area contributed by atoms with Crippen LogP contribution in [0.25, 0.3) is 44.1 Å². The highest BCUT2D eigenvalue weighted by atomic mass is 19.1. The van der Waals surface area contributed by atoms with E-state index >= 15 is 0 Å². The van der Waals surface area contributed by atoms with Crippen LogP contribution < -0.4 is 5.32 Å². The molecule has 0 aliphatic carbocycles. The summed E-state index contributed by atoms with van der Waals surface area (Å²) < 4.78 is 14.2. The average molecular weight is 478 g/mol. The maximum absolute atomic E-state index is 14.2. The zero-order valence-electron chi connectivity index (χ0n) is 19.9. The summed E-state index contributed by atoms with van der Waals surface area (Å²) in [6, 6.07) is 26.1. The number of aliphatic imine (C=N–C) groups is 1. The molecule has 5 nitrogen and oxygen atoms in total. The van der Waals surface area contributed by atoms with Crippen molar-refractivity contribution in [1.29, 1.82) is 0 Å². The molecule has 4 aromatic carbocycles. The van der Waals surface area contributed by atoms with E-state index < -0.39 is 17.8 Å². The normalized spacial score (nSPS) is 12.3. The molecule has 0 spiro atoms. The smallest absolute Gasteiger partial charge is 0.325 e. The van der Waals surface area contributed by atoms with Gasteiger partial charge in [0.1, 0.15) is 11.9 Å². The van der Waals surface area contributed by atoms with Gasteiger partial charge in [-0.2, -0.15) is 0 Å². The highest BCUT2D eigenvalue weighted by Gasteiger charge is 2.20. The van der Waals surface area contributed by atoms with Crippen molar-refractivity contribution in [2.75, 3.05) is 12.4 Å². The van der Waals surface area contributed by atoms with Crippen molar-refractivity contribution in [1.82, 2.24) is 4.98 Å². The fourth-order valence-electron chi connectivity index (χ4n) is 4.35. The average Bonchev–Trinajstić information content (AvgIpc) is 2.89. The van der Waals surface area contributed by atoms with Crippen LogP contribution in [0, 0.1) is 5.82 Å². The van der Waals surface area contributed by atoms with Crippen molar-refractivity contribution in [3.8, 4) is 22.4 Å². The summed E-state index contributed by atoms with van der Waals surface area (Å²) in [7, 11) is 1.63. The molecule has 0 saturated heterocycles. The Kier molecular flexibility index (Phi) is 6.17. The van der Waals surface area contributed by atoms with Gasteiger partial charge < -0.3 is 10.4 Å². The first-order valence-electron chi connectivity index (χ1n) is 11.6. The Labute approximate surface area is 208 Å². The number of carbonyl (C=O) groups is 1. The second-order valence-electron chi connectivity index (χ2n) is 8.64. The van der Waals surface area contributed by atoms with Gasteiger partial charge in [0, 0.05) is 29.8 Å². The number of benzene rings is 4. The minimum Gasteiger partial charge on any atom is -0.480 e. The van der Waals surface area contributed by atoms with Gasteiger partial charge >= 0.3 is 5.97 Å². The Bertz CT molecular complexity index is 1630. The number of hydrogen-bond acceptors (Lipinski definition) is 4. The fourth-order valence-corrected chi connectivity index (χ4v) is 4.35. The van der Waals surface area contributed by atoms with Crippen LogP contribution in [0.2, 0.25) is 0 Å². The number of pyridine rings is 1. The SMILES string of the molecule is CN=Cc1c(-c2ccc(-c3ccc4ccccc4c3)cc2)nc2ccc(F)cc2c1NC(C)C(=O)O. The van der Waals surface area contributed by atoms with E-state index in [-0.39, 0.29) is 0 Å². The van der Waals surface area contributed by atoms with Gasteiger partial charge in [-0.05, 0) is 53.1 Å². The van der Waals surface area contributed by atoms with E-state index in [1.54, 1.807) is 26.3 Å². The van der Waals surface area contributed by atoms with Gasteiger partial charge in [0.25, 0.3) is 0 Å². The van der Waals surface area contributed by atoms with E-state index in [0.717, 1.165) is 16.7 Å². The molecule has 2 N–H and O–H groups in total. The van der Waals surface area contributed by atoms with Crippen LogP contribution in [-0.2, 0) is 4.79 Å². The maximum Gasteiger partial charge on any atom is 0.325 e. The van der Waals surface area contributed by atoms with Gasteiger partial charge in [-0.1, -0.05) is 60.7 Å². The third-order valence-electron chi connectivity index (χ3n) is 6.22. The molecule has 0 saturated carbocycles. The molecule has 0 aliphatic heterocycles. The van der Waals surface area contributed by atoms with E-state index in [0.29, 0.717) is 27.8 Å². The molecule has 6 heteroatoms. The first-order valence-corrected chi connectivity index (χ1v) is 11.6. The molecular formula is C30H24FN3O2. The highest BCUT2D eigenvalue weighted by Crippen LogP contribution is 2.35. The summed E-state index contributed by atoms with van der Waals surface area (Å²) in [5, 5.41) is 15.4. The summed E-state index contributed by atoms with van der Waals surface area (Å²) in [4.78, 5) is 20.6. The van der Waals surface area contributed by atoms with Gasteiger partial charge in [0.05, 0.1) is 16.9 Å². The van der Waals surface area contributed by atoms with E-state index in [1.807, 2.05) is 36.4 Å². The van der Waals surface area contributed by atoms with Crippen molar-refractivity contribution in [3.05, 3.63) is 96.3 Å². The van der Waals surface area contributed by atoms with Gasteiger partial charge in [-0.3, -0.25) is 9.79 Å². The zero-order chi connectivity index (χ0) is 25.2. The summed E-state index contributed by atoms with van der Waals surface area (Å²) in [5.74, 6) is -1.45. The Hall–Kier alpha value is -4.58. The van der Waals surface area contributed by atoms with E-state index in [4.69, 9.17) is 4.98 Å². The number of carboxylic acids is 1. The van der Waals surface area contributed by atoms with Crippen molar-refractivity contribution < 1.29 is 14.3 Å². The number of anilines is 1. The van der Waals surface area contributed by atoms with Crippen LogP contribution in [0.3, 0.4) is 0 Å². The quantitative estimate of drug-likeness (QED) is 0.264. The maximum atomic E-state index is 14.2. The lowest BCUT2D eigenvalue weighted by molar-refractivity contribution is -0.137. The summed E-state index contributed by atoms with van der Waals surface area (Å²) in [6.45, 7) is 1.54. The van der Waals surface area contributed by atoms with Gasteiger partial charge in [0.2, 0.25) is 0 Å². The number of carboxylic acid groups (broad SMARTS) is 1.